The fourth-order valence-electron chi connectivity index (χ4n) is 10.7. The Bertz CT molecular complexity index is 2650. The molecule has 0 radical (unpaired) electrons. The van der Waals surface area contributed by atoms with Gasteiger partial charge in [0.15, 0.2) is 0 Å². The summed E-state index contributed by atoms with van der Waals surface area (Å²) in [6.07, 6.45) is -0.166. The van der Waals surface area contributed by atoms with E-state index >= 15 is 0 Å². The Morgan fingerprint density at radius 3 is 1.73 bits per heavy atom. The van der Waals surface area contributed by atoms with Gasteiger partial charge in [-0.05, 0) is 101 Å². The van der Waals surface area contributed by atoms with Gasteiger partial charge in [0.1, 0.15) is 41.8 Å². The van der Waals surface area contributed by atoms with Crippen molar-refractivity contribution in [3.05, 3.63) is 34.3 Å². The number of likely N-dealkylation sites (N-methyl/N-ethyl adjacent to an activating group) is 7. The van der Waals surface area contributed by atoms with Crippen molar-refractivity contribution in [2.45, 2.75) is 200 Å². The van der Waals surface area contributed by atoms with Crippen LogP contribution in [0, 0.1) is 23.7 Å². The molecule has 1 aliphatic carbocycles. The number of hydrogen-bond donors (Lipinski definition) is 4. The van der Waals surface area contributed by atoms with Crippen LogP contribution in [0.3, 0.4) is 0 Å². The molecular formula is C62H99ClF3N11O11. The third-order valence-corrected chi connectivity index (χ3v) is 17.7. The second kappa shape index (κ2) is 33.3. The minimum Gasteiger partial charge on any atom is -0.343 e. The van der Waals surface area contributed by atoms with Crippen LogP contribution in [0.25, 0.3) is 0 Å². The van der Waals surface area contributed by atoms with Crippen molar-refractivity contribution in [3.63, 3.8) is 0 Å². The van der Waals surface area contributed by atoms with E-state index in [1.807, 2.05) is 20.8 Å². The van der Waals surface area contributed by atoms with Crippen LogP contribution >= 0.6 is 11.6 Å². The maximum atomic E-state index is 14.7. The molecule has 1 saturated heterocycles. The maximum Gasteiger partial charge on any atom is 0.417 e. The van der Waals surface area contributed by atoms with Gasteiger partial charge >= 0.3 is 6.18 Å². The first-order chi connectivity index (χ1) is 40.7. The summed E-state index contributed by atoms with van der Waals surface area (Å²) < 4.78 is 41.2. The molecule has 26 heteroatoms. The van der Waals surface area contributed by atoms with Gasteiger partial charge in [0, 0.05) is 61.8 Å². The van der Waals surface area contributed by atoms with E-state index in [1.165, 1.54) is 90.9 Å². The predicted octanol–water partition coefficient (Wildman–Crippen LogP) is 4.88. The zero-order valence-electron chi connectivity index (χ0n) is 54.8. The van der Waals surface area contributed by atoms with E-state index in [9.17, 15) is 65.9 Å². The Labute approximate surface area is 523 Å². The minimum absolute atomic E-state index is 0.0249. The lowest BCUT2D eigenvalue weighted by Gasteiger charge is -2.39. The average Bonchev–Trinajstić information content (AvgIpc) is 2.45. The van der Waals surface area contributed by atoms with Gasteiger partial charge in [-0.15, -0.1) is 0 Å². The van der Waals surface area contributed by atoms with E-state index in [-0.39, 0.29) is 61.8 Å². The van der Waals surface area contributed by atoms with Crippen LogP contribution in [0.1, 0.15) is 151 Å². The summed E-state index contributed by atoms with van der Waals surface area (Å²) in [6, 6.07) is -5.00. The van der Waals surface area contributed by atoms with Crippen LogP contribution in [-0.4, -0.2) is 216 Å². The number of carbonyl (C=O) groups excluding carboxylic acids is 11. The minimum atomic E-state index is -4.76. The summed E-state index contributed by atoms with van der Waals surface area (Å²) in [6.45, 7) is 15.2. The molecule has 2 aliphatic rings. The summed E-state index contributed by atoms with van der Waals surface area (Å²) in [5.74, 6) is -8.22. The lowest BCUT2D eigenvalue weighted by molar-refractivity contribution is -0.149. The molecule has 8 atom stereocenters. The summed E-state index contributed by atoms with van der Waals surface area (Å²) in [7, 11) is 9.78. The molecule has 1 aromatic rings. The van der Waals surface area contributed by atoms with E-state index in [4.69, 9.17) is 11.6 Å². The summed E-state index contributed by atoms with van der Waals surface area (Å²) in [5, 5.41) is 10.4. The number of nitrogens with one attached hydrogen (secondary N) is 4. The van der Waals surface area contributed by atoms with Crippen LogP contribution in [0.4, 0.5) is 13.2 Å². The Kier molecular flexibility index (Phi) is 28.7. The number of halogens is 4. The number of nitrogens with zero attached hydrogens (tertiary/aromatic N) is 7. The number of alkyl halides is 3. The van der Waals surface area contributed by atoms with Gasteiger partial charge < -0.3 is 55.6 Å². The van der Waals surface area contributed by atoms with Crippen molar-refractivity contribution in [1.29, 1.82) is 0 Å². The summed E-state index contributed by atoms with van der Waals surface area (Å²) in [5.41, 5.74) is -2.49. The van der Waals surface area contributed by atoms with Gasteiger partial charge in [-0.25, -0.2) is 0 Å². The Morgan fingerprint density at radius 1 is 0.625 bits per heavy atom. The molecule has 1 heterocycles. The van der Waals surface area contributed by atoms with Crippen LogP contribution < -0.4 is 21.3 Å². The van der Waals surface area contributed by atoms with Gasteiger partial charge in [-0.1, -0.05) is 97.7 Å². The topological polar surface area (TPSA) is 259 Å². The molecule has 0 bridgehead atoms. The quantitative estimate of drug-likeness (QED) is 0.232. The van der Waals surface area contributed by atoms with Crippen molar-refractivity contribution in [2.24, 2.45) is 23.7 Å². The standard InChI is InChI=1S/C62H99ClF3N11O11/c1-18-38(6)53-59(87)73(13)34-51(80)71(11)35-52(81)76(16)48(32-41-22-20-19-21-23-41)58(86)72(12)33-49(78)67-45(27-25-42-24-26-43(44(63)31-42)62(64,65)66)55(83)68-47(29-37(4)5)57(85)77(17)61(9,10)60(88)69-46(28-36(2)3)56(84)74(14)39(7)30-50(79)75(15)40(8)54(82)70-53/h24,26,31,36-41,45-48,53H,18-23,25,27-30,32-35H2,1-17H3,(H,67,78)(H,68,83)(H,69,88)(H,70,82)/t38?,39-,40+,45+,46+,47+,48+,53+/m1/s1. The molecule has 1 aromatic carbocycles. The van der Waals surface area contributed by atoms with Crippen molar-refractivity contribution in [1.82, 2.24) is 55.6 Å². The van der Waals surface area contributed by atoms with Gasteiger partial charge in [-0.2, -0.15) is 13.2 Å². The van der Waals surface area contributed by atoms with Gasteiger partial charge in [0.2, 0.25) is 65.0 Å². The van der Waals surface area contributed by atoms with Crippen molar-refractivity contribution < 1.29 is 65.9 Å². The largest absolute Gasteiger partial charge is 0.417 e. The average molecular weight is 1270 g/mol. The zero-order valence-corrected chi connectivity index (χ0v) is 55.6. The third kappa shape index (κ3) is 21.3. The molecule has 0 aromatic heterocycles. The van der Waals surface area contributed by atoms with Gasteiger partial charge in [0.05, 0.1) is 30.2 Å². The monoisotopic (exact) mass is 1270 g/mol. The Balaban J connectivity index is 2.18. The molecule has 1 unspecified atom stereocenters. The lowest BCUT2D eigenvalue weighted by Crippen LogP contribution is -2.63. The highest BCUT2D eigenvalue weighted by Crippen LogP contribution is 2.35. The number of rotatable bonds is 11. The summed E-state index contributed by atoms with van der Waals surface area (Å²) >= 11 is 6.08. The highest BCUT2D eigenvalue weighted by molar-refractivity contribution is 6.31. The Hall–Kier alpha value is -6.53. The van der Waals surface area contributed by atoms with Crippen molar-refractivity contribution in [2.75, 3.05) is 69.0 Å². The number of aryl methyl sites for hydroxylation is 1. The second-order valence-corrected chi connectivity index (χ2v) is 26.1. The molecule has 2 fully saturated rings. The molecule has 11 amide bonds. The highest BCUT2D eigenvalue weighted by Gasteiger charge is 2.43. The van der Waals surface area contributed by atoms with Crippen LogP contribution in [-0.2, 0) is 65.3 Å². The lowest BCUT2D eigenvalue weighted by atomic mass is 9.84. The molecular weight excluding hydrogens is 1170 g/mol. The van der Waals surface area contributed by atoms with E-state index in [1.54, 1.807) is 27.7 Å². The third-order valence-electron chi connectivity index (χ3n) is 17.4. The number of carbonyl (C=O) groups is 11. The zero-order chi connectivity index (χ0) is 67.0. The molecule has 3 rings (SSSR count). The smallest absolute Gasteiger partial charge is 0.343 e. The first-order valence-corrected chi connectivity index (χ1v) is 31.0. The molecule has 496 valence electrons. The summed E-state index contributed by atoms with van der Waals surface area (Å²) in [4.78, 5) is 165. The first-order valence-electron chi connectivity index (χ1n) is 30.6. The number of amides is 11. The molecule has 88 heavy (non-hydrogen) atoms. The van der Waals surface area contributed by atoms with E-state index in [0.29, 0.717) is 6.42 Å². The number of benzene rings is 1. The number of hydrogen-bond acceptors (Lipinski definition) is 11. The first kappa shape index (κ1) is 75.7. The van der Waals surface area contributed by atoms with Crippen molar-refractivity contribution >= 4 is 76.6 Å². The molecule has 22 nitrogen and oxygen atoms in total. The molecule has 1 aliphatic heterocycles. The van der Waals surface area contributed by atoms with E-state index in [0.717, 1.165) is 63.8 Å². The fraction of sp³-hybridized carbons (Fsp3) is 0.726. The van der Waals surface area contributed by atoms with Crippen molar-refractivity contribution in [3.8, 4) is 0 Å². The van der Waals surface area contributed by atoms with E-state index in [2.05, 4.69) is 21.3 Å². The molecule has 0 spiro atoms. The molecule has 1 saturated carbocycles. The Morgan fingerprint density at radius 2 is 1.18 bits per heavy atom. The fourth-order valence-corrected chi connectivity index (χ4v) is 11.0. The van der Waals surface area contributed by atoms with E-state index < -0.39 is 155 Å². The highest BCUT2D eigenvalue weighted by atomic mass is 35.5. The van der Waals surface area contributed by atoms with Crippen LogP contribution in [0.15, 0.2) is 18.2 Å². The van der Waals surface area contributed by atoms with Gasteiger partial charge in [-0.3, -0.25) is 52.7 Å². The normalized spacial score (nSPS) is 25.3. The SMILES string of the molecule is CCC(C)[C@@H]1NC(=O)[C@H](C)N(C)C(=O)C[C@@H](C)N(C)C(=O)[C@H](CC(C)C)NC(=O)C(C)(C)N(C)C(=O)[C@H](CC(C)C)NC(=O)[C@H](CCc2ccc(C(F)(F)F)c(Cl)c2)NC(=O)CN(C)C(=O)[C@H](CC2CCCCC2)N(C)C(=O)CN(C)C(=O)CN(C)C1=O. The molecule has 4 N–H and O–H groups in total. The maximum absolute atomic E-state index is 14.7. The van der Waals surface area contributed by atoms with Crippen LogP contribution in [0.2, 0.25) is 5.02 Å². The second-order valence-electron chi connectivity index (χ2n) is 25.7. The van der Waals surface area contributed by atoms with Gasteiger partial charge in [0.25, 0.3) is 0 Å². The predicted molar refractivity (Wildman–Crippen MR) is 327 cm³/mol. The van der Waals surface area contributed by atoms with Crippen LogP contribution in [0.5, 0.6) is 0 Å².